The van der Waals surface area contributed by atoms with Gasteiger partial charge in [-0.2, -0.15) is 0 Å². The van der Waals surface area contributed by atoms with Crippen LogP contribution in [0.15, 0.2) is 30.3 Å². The van der Waals surface area contributed by atoms with E-state index in [0.29, 0.717) is 18.7 Å². The second-order valence-corrected chi connectivity index (χ2v) is 6.25. The molecule has 1 aliphatic rings. The molecule has 1 saturated heterocycles. The minimum absolute atomic E-state index is 0. The van der Waals surface area contributed by atoms with Gasteiger partial charge in [0.2, 0.25) is 5.91 Å². The second kappa shape index (κ2) is 10.4. The topological polar surface area (TPSA) is 67.4 Å². The Hall–Kier alpha value is -1.43. The molecule has 0 radical (unpaired) electrons. The number of Topliss-reactive ketones (excluding diaryl/α,β-unsaturated/α-hetero) is 1. The lowest BCUT2D eigenvalue weighted by molar-refractivity contribution is -0.122. The second-order valence-electron chi connectivity index (χ2n) is 6.25. The van der Waals surface area contributed by atoms with Gasteiger partial charge in [0.05, 0.1) is 6.61 Å². The Labute approximate surface area is 149 Å². The van der Waals surface area contributed by atoms with Crippen molar-refractivity contribution in [2.45, 2.75) is 25.7 Å². The zero-order valence-electron chi connectivity index (χ0n) is 14.2. The molecule has 0 atom stereocenters. The maximum atomic E-state index is 12.0. The molecule has 0 unspecified atom stereocenters. The Morgan fingerprint density at radius 2 is 1.83 bits per heavy atom. The Morgan fingerprint density at radius 3 is 2.46 bits per heavy atom. The molecule has 1 aliphatic heterocycles. The number of benzene rings is 1. The average Bonchev–Trinajstić information content (AvgIpc) is 2.60. The minimum Gasteiger partial charge on any atom is -0.384 e. The van der Waals surface area contributed by atoms with Crippen LogP contribution in [0.5, 0.6) is 0 Å². The predicted molar refractivity (Wildman–Crippen MR) is 96.7 cm³/mol. The van der Waals surface area contributed by atoms with E-state index in [4.69, 9.17) is 4.74 Å². The summed E-state index contributed by atoms with van der Waals surface area (Å²) in [5, 5.41) is 6.32. The molecule has 2 N–H and O–H groups in total. The van der Waals surface area contributed by atoms with Crippen LogP contribution in [0.4, 0.5) is 0 Å². The van der Waals surface area contributed by atoms with Gasteiger partial charge in [0.15, 0.2) is 5.78 Å². The van der Waals surface area contributed by atoms with Gasteiger partial charge < -0.3 is 15.4 Å². The number of halogens is 1. The van der Waals surface area contributed by atoms with Gasteiger partial charge in [0.25, 0.3) is 0 Å². The molecule has 0 aromatic heterocycles. The summed E-state index contributed by atoms with van der Waals surface area (Å²) in [5.41, 5.74) is 0.675. The number of hydrogen-bond acceptors (Lipinski definition) is 4. The van der Waals surface area contributed by atoms with Crippen molar-refractivity contribution in [3.05, 3.63) is 35.9 Å². The molecule has 5 nitrogen and oxygen atoms in total. The highest BCUT2D eigenvalue weighted by Gasteiger charge is 2.32. The summed E-state index contributed by atoms with van der Waals surface area (Å²) < 4.78 is 5.34. The van der Waals surface area contributed by atoms with Gasteiger partial charge in [-0.05, 0) is 25.9 Å². The fraction of sp³-hybridized carbons (Fsp3) is 0.556. The number of nitrogens with one attached hydrogen (secondary N) is 2. The number of hydrogen-bond donors (Lipinski definition) is 2. The van der Waals surface area contributed by atoms with Gasteiger partial charge in [0.1, 0.15) is 0 Å². The standard InChI is InChI=1S/C18H26N2O3.ClH/c1-23-14-18(9-11-19-12-10-18)13-20-17(22)8-7-16(21)15-5-3-2-4-6-15;/h2-6,19H,7-14H2,1H3,(H,20,22);1H. The first-order valence-corrected chi connectivity index (χ1v) is 8.20. The third kappa shape index (κ3) is 6.23. The first-order chi connectivity index (χ1) is 11.2. The summed E-state index contributed by atoms with van der Waals surface area (Å²) in [7, 11) is 1.70. The van der Waals surface area contributed by atoms with Crippen molar-refractivity contribution in [2.75, 3.05) is 33.4 Å². The van der Waals surface area contributed by atoms with Crippen LogP contribution in [0.1, 0.15) is 36.0 Å². The van der Waals surface area contributed by atoms with Gasteiger partial charge in [-0.1, -0.05) is 30.3 Å². The highest BCUT2D eigenvalue weighted by molar-refractivity contribution is 5.97. The number of methoxy groups -OCH3 is 1. The van der Waals surface area contributed by atoms with E-state index in [1.54, 1.807) is 19.2 Å². The van der Waals surface area contributed by atoms with Crippen molar-refractivity contribution in [1.82, 2.24) is 10.6 Å². The summed E-state index contributed by atoms with van der Waals surface area (Å²) in [4.78, 5) is 24.1. The van der Waals surface area contributed by atoms with Crippen molar-refractivity contribution in [1.29, 1.82) is 0 Å². The fourth-order valence-corrected chi connectivity index (χ4v) is 3.01. The normalized spacial score (nSPS) is 16.0. The lowest BCUT2D eigenvalue weighted by Crippen LogP contribution is -2.47. The summed E-state index contributed by atoms with van der Waals surface area (Å²) in [6.07, 6.45) is 2.46. The lowest BCUT2D eigenvalue weighted by Gasteiger charge is -2.37. The van der Waals surface area contributed by atoms with Crippen LogP contribution in [0.2, 0.25) is 0 Å². The molecule has 0 aliphatic carbocycles. The van der Waals surface area contributed by atoms with Crippen molar-refractivity contribution < 1.29 is 14.3 Å². The zero-order chi connectivity index (χ0) is 16.5. The molecular weight excluding hydrogens is 328 g/mol. The van der Waals surface area contributed by atoms with Crippen molar-refractivity contribution in [3.63, 3.8) is 0 Å². The Kier molecular flexibility index (Phi) is 8.97. The molecule has 2 rings (SSSR count). The maximum absolute atomic E-state index is 12.0. The molecule has 0 saturated carbocycles. The van der Waals surface area contributed by atoms with E-state index in [0.717, 1.165) is 25.9 Å². The molecule has 24 heavy (non-hydrogen) atoms. The number of carbonyl (C=O) groups is 2. The van der Waals surface area contributed by atoms with Crippen LogP contribution >= 0.6 is 12.4 Å². The largest absolute Gasteiger partial charge is 0.384 e. The molecule has 1 aromatic rings. The van der Waals surface area contributed by atoms with E-state index in [1.165, 1.54) is 0 Å². The van der Waals surface area contributed by atoms with E-state index in [9.17, 15) is 9.59 Å². The summed E-state index contributed by atoms with van der Waals surface area (Å²) in [6, 6.07) is 9.10. The van der Waals surface area contributed by atoms with Crippen LogP contribution in [0.25, 0.3) is 0 Å². The van der Waals surface area contributed by atoms with E-state index in [1.807, 2.05) is 18.2 Å². The van der Waals surface area contributed by atoms with Gasteiger partial charge in [-0.3, -0.25) is 9.59 Å². The molecule has 1 heterocycles. The van der Waals surface area contributed by atoms with Gasteiger partial charge in [0, 0.05) is 37.5 Å². The third-order valence-electron chi connectivity index (χ3n) is 4.45. The molecule has 134 valence electrons. The monoisotopic (exact) mass is 354 g/mol. The van der Waals surface area contributed by atoms with Crippen molar-refractivity contribution in [3.8, 4) is 0 Å². The van der Waals surface area contributed by atoms with E-state index in [2.05, 4.69) is 10.6 Å². The van der Waals surface area contributed by atoms with Gasteiger partial charge in [-0.25, -0.2) is 0 Å². The summed E-state index contributed by atoms with van der Waals surface area (Å²) in [5.74, 6) is -0.0579. The molecule has 6 heteroatoms. The Bertz CT molecular complexity index is 511. The molecule has 0 spiro atoms. The Balaban J connectivity index is 0.00000288. The quantitative estimate of drug-likeness (QED) is 0.702. The predicted octanol–water partition coefficient (Wildman–Crippen LogP) is 2.20. The highest BCUT2D eigenvalue weighted by atomic mass is 35.5. The molecule has 0 bridgehead atoms. The smallest absolute Gasteiger partial charge is 0.220 e. The molecule has 1 fully saturated rings. The average molecular weight is 355 g/mol. The van der Waals surface area contributed by atoms with E-state index >= 15 is 0 Å². The van der Waals surface area contributed by atoms with Crippen molar-refractivity contribution >= 4 is 24.1 Å². The van der Waals surface area contributed by atoms with E-state index < -0.39 is 0 Å². The van der Waals surface area contributed by atoms with Crippen LogP contribution < -0.4 is 10.6 Å². The van der Waals surface area contributed by atoms with Crippen LogP contribution in [-0.2, 0) is 9.53 Å². The van der Waals surface area contributed by atoms with Gasteiger partial charge >= 0.3 is 0 Å². The third-order valence-corrected chi connectivity index (χ3v) is 4.45. The van der Waals surface area contributed by atoms with E-state index in [-0.39, 0.29) is 42.4 Å². The van der Waals surface area contributed by atoms with Crippen LogP contribution in [0, 0.1) is 5.41 Å². The molecular formula is C18H27ClN2O3. The first-order valence-electron chi connectivity index (χ1n) is 8.20. The molecule has 1 aromatic carbocycles. The fourth-order valence-electron chi connectivity index (χ4n) is 3.01. The van der Waals surface area contributed by atoms with Gasteiger partial charge in [-0.15, -0.1) is 12.4 Å². The number of piperidine rings is 1. The number of rotatable bonds is 8. The van der Waals surface area contributed by atoms with Crippen LogP contribution in [-0.4, -0.2) is 45.0 Å². The number of ether oxygens (including phenoxy) is 1. The maximum Gasteiger partial charge on any atom is 0.220 e. The number of amides is 1. The summed E-state index contributed by atoms with van der Waals surface area (Å²) in [6.45, 7) is 3.16. The SMILES string of the molecule is COCC1(CNC(=O)CCC(=O)c2ccccc2)CCNCC1.Cl. The number of carbonyl (C=O) groups excluding carboxylic acids is 2. The Morgan fingerprint density at radius 1 is 1.17 bits per heavy atom. The molecule has 1 amide bonds. The lowest BCUT2D eigenvalue weighted by atomic mass is 9.79. The minimum atomic E-state index is -0.0664. The summed E-state index contributed by atoms with van der Waals surface area (Å²) >= 11 is 0. The van der Waals surface area contributed by atoms with Crippen LogP contribution in [0.3, 0.4) is 0 Å². The zero-order valence-corrected chi connectivity index (χ0v) is 15.0. The first kappa shape index (κ1) is 20.6. The number of ketones is 1. The highest BCUT2D eigenvalue weighted by Crippen LogP contribution is 2.28. The van der Waals surface area contributed by atoms with Crippen molar-refractivity contribution in [2.24, 2.45) is 5.41 Å².